The summed E-state index contributed by atoms with van der Waals surface area (Å²) >= 11 is 0. The molecule has 0 saturated heterocycles. The summed E-state index contributed by atoms with van der Waals surface area (Å²) in [5.41, 5.74) is 5.94. The molecule has 0 saturated carbocycles. The van der Waals surface area contributed by atoms with Gasteiger partial charge >= 0.3 is 0 Å². The Bertz CT molecular complexity index is 633. The maximum Gasteiger partial charge on any atom is 0.270 e. The first-order valence-electron chi connectivity index (χ1n) is 8.19. The molecule has 8 nitrogen and oxygen atoms in total. The lowest BCUT2D eigenvalue weighted by Crippen LogP contribution is -2.46. The molecule has 1 rings (SSSR count). The number of nitrogens with one attached hydrogen (secondary N) is 1. The number of carbonyl (C=O) groups is 2. The van der Waals surface area contributed by atoms with Gasteiger partial charge in [-0.15, -0.1) is 0 Å². The number of nitrogens with two attached hydrogens (primary N) is 1. The summed E-state index contributed by atoms with van der Waals surface area (Å²) in [5, 5.41) is 13.3. The zero-order valence-electron chi connectivity index (χ0n) is 15.1. The van der Waals surface area contributed by atoms with Crippen molar-refractivity contribution in [3.8, 4) is 0 Å². The third-order valence-corrected chi connectivity index (χ3v) is 4.07. The molecule has 2 atom stereocenters. The van der Waals surface area contributed by atoms with Crippen molar-refractivity contribution in [2.75, 3.05) is 13.6 Å². The molecule has 0 aliphatic heterocycles. The van der Waals surface area contributed by atoms with Crippen LogP contribution in [0.2, 0.25) is 0 Å². The molecule has 0 spiro atoms. The van der Waals surface area contributed by atoms with Crippen LogP contribution in [-0.2, 0) is 4.79 Å². The molecule has 25 heavy (non-hydrogen) atoms. The standard InChI is InChI=1S/C17H26N4O4/c1-11(2)15(18)8-9-20(4)17(23)12(3)19-16(22)13-6-5-7-14(10-13)21(24)25/h5-7,10-12,15H,8-9,18H2,1-4H3,(H,19,22). The lowest BCUT2D eigenvalue weighted by atomic mass is 10.0. The van der Waals surface area contributed by atoms with Gasteiger partial charge in [0.05, 0.1) is 4.92 Å². The summed E-state index contributed by atoms with van der Waals surface area (Å²) in [4.78, 5) is 36.2. The number of hydrogen-bond acceptors (Lipinski definition) is 5. The van der Waals surface area contributed by atoms with Crippen LogP contribution >= 0.6 is 0 Å². The van der Waals surface area contributed by atoms with Crippen molar-refractivity contribution in [2.45, 2.75) is 39.3 Å². The summed E-state index contributed by atoms with van der Waals surface area (Å²) < 4.78 is 0. The molecule has 0 radical (unpaired) electrons. The predicted octanol–water partition coefficient (Wildman–Crippen LogP) is 1.54. The average molecular weight is 350 g/mol. The molecule has 0 fully saturated rings. The van der Waals surface area contributed by atoms with E-state index in [4.69, 9.17) is 5.73 Å². The van der Waals surface area contributed by atoms with Crippen molar-refractivity contribution < 1.29 is 14.5 Å². The molecule has 0 bridgehead atoms. The van der Waals surface area contributed by atoms with Gasteiger partial charge in [0.15, 0.2) is 0 Å². The van der Waals surface area contributed by atoms with Crippen molar-refractivity contribution >= 4 is 17.5 Å². The van der Waals surface area contributed by atoms with Gasteiger partial charge in [-0.1, -0.05) is 19.9 Å². The third kappa shape index (κ3) is 6.15. The van der Waals surface area contributed by atoms with Gasteiger partial charge in [0, 0.05) is 37.3 Å². The summed E-state index contributed by atoms with van der Waals surface area (Å²) in [5.74, 6) is -0.443. The topological polar surface area (TPSA) is 119 Å². The predicted molar refractivity (Wildman–Crippen MR) is 95.1 cm³/mol. The van der Waals surface area contributed by atoms with Crippen molar-refractivity contribution in [3.63, 3.8) is 0 Å². The van der Waals surface area contributed by atoms with Crippen LogP contribution in [0.25, 0.3) is 0 Å². The number of rotatable bonds is 8. The van der Waals surface area contributed by atoms with Crippen LogP contribution in [0.5, 0.6) is 0 Å². The molecule has 0 aromatic heterocycles. The lowest BCUT2D eigenvalue weighted by Gasteiger charge is -2.24. The first-order valence-corrected chi connectivity index (χ1v) is 8.19. The van der Waals surface area contributed by atoms with Gasteiger partial charge in [0.25, 0.3) is 11.6 Å². The monoisotopic (exact) mass is 350 g/mol. The van der Waals surface area contributed by atoms with Crippen molar-refractivity contribution in [2.24, 2.45) is 11.7 Å². The van der Waals surface area contributed by atoms with Crippen LogP contribution in [0, 0.1) is 16.0 Å². The molecular weight excluding hydrogens is 324 g/mol. The van der Waals surface area contributed by atoms with Crippen LogP contribution < -0.4 is 11.1 Å². The summed E-state index contributed by atoms with van der Waals surface area (Å²) in [6.07, 6.45) is 0.672. The summed E-state index contributed by atoms with van der Waals surface area (Å²) in [7, 11) is 1.66. The fraction of sp³-hybridized carbons (Fsp3) is 0.529. The van der Waals surface area contributed by atoms with Crippen LogP contribution in [0.3, 0.4) is 0 Å². The molecule has 2 amide bonds. The van der Waals surface area contributed by atoms with E-state index in [0.29, 0.717) is 18.9 Å². The van der Waals surface area contributed by atoms with E-state index >= 15 is 0 Å². The molecule has 0 heterocycles. The molecule has 0 aliphatic carbocycles. The maximum absolute atomic E-state index is 12.3. The minimum Gasteiger partial charge on any atom is -0.344 e. The Morgan fingerprint density at radius 3 is 2.52 bits per heavy atom. The molecule has 8 heteroatoms. The molecule has 138 valence electrons. The lowest BCUT2D eigenvalue weighted by molar-refractivity contribution is -0.384. The van der Waals surface area contributed by atoms with Gasteiger partial charge < -0.3 is 16.0 Å². The summed E-state index contributed by atoms with van der Waals surface area (Å²) in [6, 6.07) is 4.64. The number of carbonyl (C=O) groups excluding carboxylic acids is 2. The molecule has 1 aromatic carbocycles. The van der Waals surface area contributed by atoms with E-state index in [-0.39, 0.29) is 23.2 Å². The number of non-ortho nitro benzene ring substituents is 1. The van der Waals surface area contributed by atoms with Crippen LogP contribution in [-0.4, -0.2) is 47.3 Å². The quantitative estimate of drug-likeness (QED) is 0.544. The Kier molecular flexibility index (Phi) is 7.50. The van der Waals surface area contributed by atoms with Gasteiger partial charge in [-0.25, -0.2) is 0 Å². The smallest absolute Gasteiger partial charge is 0.270 e. The third-order valence-electron chi connectivity index (χ3n) is 4.07. The first-order chi connectivity index (χ1) is 11.6. The highest BCUT2D eigenvalue weighted by Crippen LogP contribution is 2.13. The second-order valence-electron chi connectivity index (χ2n) is 6.46. The van der Waals surface area contributed by atoms with Gasteiger partial charge in [0.2, 0.25) is 5.91 Å². The zero-order chi connectivity index (χ0) is 19.1. The number of likely N-dealkylation sites (N-methyl/N-ethyl adjacent to an activating group) is 1. The number of nitrogens with zero attached hydrogens (tertiary/aromatic N) is 2. The number of nitro benzene ring substituents is 1. The van der Waals surface area contributed by atoms with Crippen molar-refractivity contribution in [3.05, 3.63) is 39.9 Å². The van der Waals surface area contributed by atoms with E-state index in [2.05, 4.69) is 5.32 Å². The highest BCUT2D eigenvalue weighted by molar-refractivity contribution is 5.97. The van der Waals surface area contributed by atoms with E-state index < -0.39 is 16.9 Å². The van der Waals surface area contributed by atoms with E-state index in [9.17, 15) is 19.7 Å². The Morgan fingerprint density at radius 2 is 1.96 bits per heavy atom. The van der Waals surface area contributed by atoms with E-state index in [1.54, 1.807) is 14.0 Å². The first kappa shape index (κ1) is 20.6. The minimum absolute atomic E-state index is 0.00464. The van der Waals surface area contributed by atoms with Crippen LogP contribution in [0.15, 0.2) is 24.3 Å². The normalized spacial score (nSPS) is 13.2. The SMILES string of the molecule is CC(NC(=O)c1cccc([N+](=O)[O-])c1)C(=O)N(C)CCC(N)C(C)C. The number of nitro groups is 1. The molecule has 1 aromatic rings. The average Bonchev–Trinajstić information content (AvgIpc) is 2.58. The minimum atomic E-state index is -0.743. The molecule has 0 aliphatic rings. The van der Waals surface area contributed by atoms with E-state index in [1.807, 2.05) is 13.8 Å². The van der Waals surface area contributed by atoms with Crippen LogP contribution in [0.4, 0.5) is 5.69 Å². The van der Waals surface area contributed by atoms with Gasteiger partial charge in [-0.2, -0.15) is 0 Å². The second kappa shape index (κ2) is 9.12. The van der Waals surface area contributed by atoms with Gasteiger partial charge in [-0.3, -0.25) is 19.7 Å². The van der Waals surface area contributed by atoms with E-state index in [0.717, 1.165) is 0 Å². The number of benzene rings is 1. The molecule has 2 unspecified atom stereocenters. The number of hydrogen-bond donors (Lipinski definition) is 2. The Morgan fingerprint density at radius 1 is 1.32 bits per heavy atom. The van der Waals surface area contributed by atoms with Crippen molar-refractivity contribution in [1.29, 1.82) is 0 Å². The zero-order valence-corrected chi connectivity index (χ0v) is 15.1. The number of amides is 2. The Labute approximate surface area is 147 Å². The largest absolute Gasteiger partial charge is 0.344 e. The highest BCUT2D eigenvalue weighted by atomic mass is 16.6. The molecular formula is C17H26N4O4. The Balaban J connectivity index is 2.63. The van der Waals surface area contributed by atoms with Gasteiger partial charge in [0.1, 0.15) is 6.04 Å². The van der Waals surface area contributed by atoms with Gasteiger partial charge in [-0.05, 0) is 25.3 Å². The van der Waals surface area contributed by atoms with Crippen LogP contribution in [0.1, 0.15) is 37.6 Å². The maximum atomic E-state index is 12.3. The summed E-state index contributed by atoms with van der Waals surface area (Å²) in [6.45, 7) is 6.12. The van der Waals surface area contributed by atoms with Crippen molar-refractivity contribution in [1.82, 2.24) is 10.2 Å². The second-order valence-corrected chi connectivity index (χ2v) is 6.46. The molecule has 3 N–H and O–H groups in total. The highest BCUT2D eigenvalue weighted by Gasteiger charge is 2.21. The fourth-order valence-corrected chi connectivity index (χ4v) is 2.22. The fourth-order valence-electron chi connectivity index (χ4n) is 2.22. The van der Waals surface area contributed by atoms with E-state index in [1.165, 1.54) is 29.2 Å². The Hall–Kier alpha value is -2.48.